The first kappa shape index (κ1) is 16.0. The first-order chi connectivity index (χ1) is 13.2. The Labute approximate surface area is 156 Å². The van der Waals surface area contributed by atoms with E-state index in [0.29, 0.717) is 5.69 Å². The number of fused-ring (bicyclic) bond motifs is 4. The van der Waals surface area contributed by atoms with E-state index in [4.69, 9.17) is 4.74 Å². The molecule has 1 atom stereocenters. The molecule has 5 nitrogen and oxygen atoms in total. The lowest BCUT2D eigenvalue weighted by Crippen LogP contribution is -2.31. The van der Waals surface area contributed by atoms with Crippen LogP contribution in [0.4, 0.5) is 0 Å². The summed E-state index contributed by atoms with van der Waals surface area (Å²) in [4.78, 5) is 19.6. The molecule has 0 saturated heterocycles. The van der Waals surface area contributed by atoms with Gasteiger partial charge in [0.15, 0.2) is 0 Å². The fraction of sp³-hybridized carbons (Fsp3) is 0.227. The lowest BCUT2D eigenvalue weighted by atomic mass is 9.91. The molecule has 0 aliphatic heterocycles. The zero-order chi connectivity index (χ0) is 18.4. The van der Waals surface area contributed by atoms with Gasteiger partial charge < -0.3 is 20.0 Å². The predicted octanol–water partition coefficient (Wildman–Crippen LogP) is 4.47. The number of carbonyl (C=O) groups is 1. The molecule has 0 saturated carbocycles. The van der Waals surface area contributed by atoms with Crippen LogP contribution in [-0.4, -0.2) is 23.0 Å². The summed E-state index contributed by atoms with van der Waals surface area (Å²) in [5, 5.41) is 5.44. The monoisotopic (exact) mass is 359 g/mol. The Kier molecular flexibility index (Phi) is 3.67. The molecule has 0 radical (unpaired) electrons. The number of para-hydroxylation sites is 1. The molecular weight excluding hydrogens is 338 g/mol. The van der Waals surface area contributed by atoms with Crippen molar-refractivity contribution in [3.63, 3.8) is 0 Å². The van der Waals surface area contributed by atoms with Crippen LogP contribution in [0, 0.1) is 0 Å². The predicted molar refractivity (Wildman–Crippen MR) is 106 cm³/mol. The first-order valence-corrected chi connectivity index (χ1v) is 9.30. The molecule has 5 rings (SSSR count). The van der Waals surface area contributed by atoms with Gasteiger partial charge in [-0.2, -0.15) is 0 Å². The van der Waals surface area contributed by atoms with Crippen LogP contribution < -0.4 is 10.1 Å². The molecule has 2 aromatic heterocycles. The molecule has 1 aliphatic carbocycles. The third kappa shape index (κ3) is 2.67. The third-order valence-corrected chi connectivity index (χ3v) is 5.49. The molecule has 5 heteroatoms. The van der Waals surface area contributed by atoms with Crippen molar-refractivity contribution in [2.75, 3.05) is 7.11 Å². The topological polar surface area (TPSA) is 69.9 Å². The van der Waals surface area contributed by atoms with Gasteiger partial charge in [0.05, 0.1) is 13.2 Å². The number of amides is 1. The van der Waals surface area contributed by atoms with Crippen LogP contribution in [0.3, 0.4) is 0 Å². The second-order valence-electron chi connectivity index (χ2n) is 7.12. The number of carbonyl (C=O) groups excluding carboxylic acids is 1. The first-order valence-electron chi connectivity index (χ1n) is 9.30. The van der Waals surface area contributed by atoms with E-state index in [0.717, 1.165) is 47.1 Å². The Morgan fingerprint density at radius 3 is 2.89 bits per heavy atom. The summed E-state index contributed by atoms with van der Waals surface area (Å²) >= 11 is 0. The normalized spacial score (nSPS) is 16.4. The standard InChI is InChI=1S/C22H21N3O2/c1-27-14-9-10-17-13(11-14)12-20(23-17)22(26)25-19-8-4-6-16-15-5-2-3-7-18(15)24-21(16)19/h2-3,5,7,9-12,19,23-24H,4,6,8H2,1H3,(H,25,26)/t19-/m1/s1. The zero-order valence-electron chi connectivity index (χ0n) is 15.1. The highest BCUT2D eigenvalue weighted by Crippen LogP contribution is 2.34. The Bertz CT molecular complexity index is 1160. The maximum Gasteiger partial charge on any atom is 0.268 e. The maximum atomic E-state index is 12.9. The lowest BCUT2D eigenvalue weighted by molar-refractivity contribution is 0.0927. The molecule has 0 bridgehead atoms. The van der Waals surface area contributed by atoms with Crippen molar-refractivity contribution in [2.24, 2.45) is 0 Å². The van der Waals surface area contributed by atoms with Crippen molar-refractivity contribution >= 4 is 27.7 Å². The SMILES string of the molecule is COc1ccc2[nH]c(C(=O)N[C@@H]3CCCc4c3[nH]c3ccccc43)cc2c1. The average Bonchev–Trinajstić information content (AvgIpc) is 3.29. The van der Waals surface area contributed by atoms with Gasteiger partial charge in [0, 0.05) is 27.5 Å². The van der Waals surface area contributed by atoms with Crippen LogP contribution in [-0.2, 0) is 6.42 Å². The summed E-state index contributed by atoms with van der Waals surface area (Å²) in [7, 11) is 1.64. The number of rotatable bonds is 3. The van der Waals surface area contributed by atoms with E-state index in [1.165, 1.54) is 10.9 Å². The quantitative estimate of drug-likeness (QED) is 0.505. The second kappa shape index (κ2) is 6.20. The van der Waals surface area contributed by atoms with E-state index >= 15 is 0 Å². The van der Waals surface area contributed by atoms with Crippen LogP contribution >= 0.6 is 0 Å². The fourth-order valence-corrected chi connectivity index (χ4v) is 4.16. The van der Waals surface area contributed by atoms with Crippen molar-refractivity contribution in [1.29, 1.82) is 0 Å². The zero-order valence-corrected chi connectivity index (χ0v) is 15.1. The minimum atomic E-state index is -0.0818. The van der Waals surface area contributed by atoms with Crippen molar-refractivity contribution in [2.45, 2.75) is 25.3 Å². The van der Waals surface area contributed by atoms with Crippen LogP contribution in [0.2, 0.25) is 0 Å². The average molecular weight is 359 g/mol. The van der Waals surface area contributed by atoms with Gasteiger partial charge in [0.1, 0.15) is 11.4 Å². The molecule has 0 fully saturated rings. The molecule has 2 aromatic carbocycles. The molecule has 0 spiro atoms. The summed E-state index contributed by atoms with van der Waals surface area (Å²) in [6.45, 7) is 0. The fourth-order valence-electron chi connectivity index (χ4n) is 4.16. The van der Waals surface area contributed by atoms with Crippen LogP contribution in [0.15, 0.2) is 48.5 Å². The van der Waals surface area contributed by atoms with Crippen molar-refractivity contribution < 1.29 is 9.53 Å². The van der Waals surface area contributed by atoms with Gasteiger partial charge in [-0.15, -0.1) is 0 Å². The lowest BCUT2D eigenvalue weighted by Gasteiger charge is -2.23. The van der Waals surface area contributed by atoms with E-state index in [-0.39, 0.29) is 11.9 Å². The number of benzene rings is 2. The summed E-state index contributed by atoms with van der Waals surface area (Å²) in [5.74, 6) is 0.699. The highest BCUT2D eigenvalue weighted by Gasteiger charge is 2.26. The van der Waals surface area contributed by atoms with Gasteiger partial charge in [-0.3, -0.25) is 4.79 Å². The highest BCUT2D eigenvalue weighted by molar-refractivity contribution is 5.98. The molecule has 27 heavy (non-hydrogen) atoms. The third-order valence-electron chi connectivity index (χ3n) is 5.49. The van der Waals surface area contributed by atoms with Gasteiger partial charge >= 0.3 is 0 Å². The number of aromatic nitrogens is 2. The Hall–Kier alpha value is -3.21. The van der Waals surface area contributed by atoms with Crippen LogP contribution in [0.1, 0.15) is 40.6 Å². The highest BCUT2D eigenvalue weighted by atomic mass is 16.5. The Balaban J connectivity index is 1.45. The number of aromatic amines is 2. The van der Waals surface area contributed by atoms with Crippen molar-refractivity contribution in [1.82, 2.24) is 15.3 Å². The number of methoxy groups -OCH3 is 1. The van der Waals surface area contributed by atoms with Gasteiger partial charge in [-0.1, -0.05) is 18.2 Å². The van der Waals surface area contributed by atoms with E-state index in [1.807, 2.05) is 30.3 Å². The second-order valence-corrected chi connectivity index (χ2v) is 7.12. The van der Waals surface area contributed by atoms with Gasteiger partial charge in [0.25, 0.3) is 5.91 Å². The van der Waals surface area contributed by atoms with Gasteiger partial charge in [-0.25, -0.2) is 0 Å². The number of hydrogen-bond acceptors (Lipinski definition) is 2. The Morgan fingerprint density at radius 2 is 2.00 bits per heavy atom. The minimum Gasteiger partial charge on any atom is -0.497 e. The van der Waals surface area contributed by atoms with Crippen molar-refractivity contribution in [3.8, 4) is 5.75 Å². The molecule has 2 heterocycles. The molecule has 1 amide bonds. The molecule has 1 aliphatic rings. The summed E-state index contributed by atoms with van der Waals surface area (Å²) in [6.07, 6.45) is 3.07. The summed E-state index contributed by atoms with van der Waals surface area (Å²) in [6, 6.07) is 16.0. The molecular formula is C22H21N3O2. The van der Waals surface area contributed by atoms with Crippen molar-refractivity contribution in [3.05, 3.63) is 65.5 Å². The summed E-state index contributed by atoms with van der Waals surface area (Å²) < 4.78 is 5.26. The smallest absolute Gasteiger partial charge is 0.268 e. The molecule has 136 valence electrons. The number of hydrogen-bond donors (Lipinski definition) is 3. The van der Waals surface area contributed by atoms with E-state index < -0.39 is 0 Å². The number of ether oxygens (including phenoxy) is 1. The number of nitrogens with one attached hydrogen (secondary N) is 3. The van der Waals surface area contributed by atoms with Gasteiger partial charge in [0.2, 0.25) is 0 Å². The van der Waals surface area contributed by atoms with Crippen LogP contribution in [0.5, 0.6) is 5.75 Å². The van der Waals surface area contributed by atoms with E-state index in [2.05, 4.69) is 33.5 Å². The van der Waals surface area contributed by atoms with Crippen LogP contribution in [0.25, 0.3) is 21.8 Å². The molecule has 3 N–H and O–H groups in total. The minimum absolute atomic E-state index is 0.00889. The molecule has 0 unspecified atom stereocenters. The Morgan fingerprint density at radius 1 is 1.11 bits per heavy atom. The maximum absolute atomic E-state index is 12.9. The number of H-pyrrole nitrogens is 2. The largest absolute Gasteiger partial charge is 0.497 e. The number of aryl methyl sites for hydroxylation is 1. The summed E-state index contributed by atoms with van der Waals surface area (Å²) in [5.41, 5.74) is 5.12. The van der Waals surface area contributed by atoms with E-state index in [9.17, 15) is 4.79 Å². The molecule has 4 aromatic rings. The van der Waals surface area contributed by atoms with E-state index in [1.54, 1.807) is 7.11 Å². The van der Waals surface area contributed by atoms with Gasteiger partial charge in [-0.05, 0) is 55.2 Å².